The summed E-state index contributed by atoms with van der Waals surface area (Å²) in [6.07, 6.45) is 3.00. The quantitative estimate of drug-likeness (QED) is 0.696. The number of rotatable bonds is 4. The van der Waals surface area contributed by atoms with Crippen LogP contribution in [0.25, 0.3) is 0 Å². The number of β-amino-alcohol motifs (C(OH)–C–C–N with tert-alkyl or cyclic N) is 1. The Hall–Kier alpha value is -2.78. The fourth-order valence-electron chi connectivity index (χ4n) is 4.10. The number of aryl methyl sites for hydroxylation is 2. The van der Waals surface area contributed by atoms with Gasteiger partial charge in [0.2, 0.25) is 0 Å². The highest BCUT2D eigenvalue weighted by Gasteiger charge is 2.50. The Morgan fingerprint density at radius 2 is 2.07 bits per heavy atom. The Morgan fingerprint density at radius 1 is 1.30 bits per heavy atom. The van der Waals surface area contributed by atoms with Crippen LogP contribution in [0, 0.1) is 12.7 Å². The number of piperidine rings is 1. The van der Waals surface area contributed by atoms with Crippen molar-refractivity contribution in [2.45, 2.75) is 37.8 Å². The van der Waals surface area contributed by atoms with Crippen LogP contribution in [-0.4, -0.2) is 57.0 Å². The summed E-state index contributed by atoms with van der Waals surface area (Å²) < 4.78 is 15.4. The minimum absolute atomic E-state index is 0.00993. The molecule has 2 aromatic rings. The number of carbonyl (C=O) groups excluding carboxylic acids is 1. The van der Waals surface area contributed by atoms with Crippen LogP contribution >= 0.6 is 0 Å². The molecular formula is C21H26FN5O3. The van der Waals surface area contributed by atoms with Crippen molar-refractivity contribution < 1.29 is 14.3 Å². The first-order chi connectivity index (χ1) is 14.3. The molecule has 4 rings (SSSR count). The molecular weight excluding hydrogens is 389 g/mol. The molecule has 3 N–H and O–H groups in total. The van der Waals surface area contributed by atoms with Gasteiger partial charge < -0.3 is 20.6 Å². The highest BCUT2D eigenvalue weighted by atomic mass is 19.1. The van der Waals surface area contributed by atoms with E-state index in [4.69, 9.17) is 0 Å². The van der Waals surface area contributed by atoms with Crippen LogP contribution in [0.2, 0.25) is 0 Å². The van der Waals surface area contributed by atoms with Crippen molar-refractivity contribution in [3.8, 4) is 0 Å². The van der Waals surface area contributed by atoms with Gasteiger partial charge in [-0.05, 0) is 44.0 Å². The Balaban J connectivity index is 1.57. The van der Waals surface area contributed by atoms with Crippen LogP contribution in [-0.2, 0) is 7.05 Å². The lowest BCUT2D eigenvalue weighted by Crippen LogP contribution is -2.72. The highest BCUT2D eigenvalue weighted by Crippen LogP contribution is 2.31. The second kappa shape index (κ2) is 7.81. The monoisotopic (exact) mass is 415 g/mol. The number of benzene rings is 1. The Labute approximate surface area is 173 Å². The molecule has 0 radical (unpaired) electrons. The molecule has 30 heavy (non-hydrogen) atoms. The summed E-state index contributed by atoms with van der Waals surface area (Å²) in [7, 11) is 1.45. The molecule has 2 aliphatic heterocycles. The van der Waals surface area contributed by atoms with Crippen LogP contribution in [0.15, 0.2) is 29.1 Å². The van der Waals surface area contributed by atoms with E-state index in [9.17, 15) is 19.1 Å². The van der Waals surface area contributed by atoms with Crippen molar-refractivity contribution in [1.82, 2.24) is 20.0 Å². The number of anilines is 2. The van der Waals surface area contributed by atoms with Crippen LogP contribution in [0.1, 0.15) is 35.3 Å². The third kappa shape index (κ3) is 3.82. The molecule has 2 saturated heterocycles. The molecule has 0 saturated carbocycles. The van der Waals surface area contributed by atoms with Crippen LogP contribution in [0.4, 0.5) is 15.8 Å². The summed E-state index contributed by atoms with van der Waals surface area (Å²) >= 11 is 0. The van der Waals surface area contributed by atoms with E-state index >= 15 is 0 Å². The van der Waals surface area contributed by atoms with Gasteiger partial charge in [0, 0.05) is 19.2 Å². The lowest BCUT2D eigenvalue weighted by molar-refractivity contribution is -0.108. The van der Waals surface area contributed by atoms with Gasteiger partial charge >= 0.3 is 0 Å². The molecule has 1 aromatic carbocycles. The molecule has 0 spiro atoms. The lowest BCUT2D eigenvalue weighted by Gasteiger charge is -2.51. The number of aliphatic hydroxyl groups is 1. The molecule has 0 bridgehead atoms. The fourth-order valence-corrected chi connectivity index (χ4v) is 4.10. The van der Waals surface area contributed by atoms with Gasteiger partial charge in [-0.15, -0.1) is 0 Å². The molecule has 1 amide bonds. The van der Waals surface area contributed by atoms with Gasteiger partial charge in [-0.3, -0.25) is 9.59 Å². The zero-order chi connectivity index (χ0) is 21.5. The Kier molecular flexibility index (Phi) is 5.33. The van der Waals surface area contributed by atoms with Crippen molar-refractivity contribution >= 4 is 17.3 Å². The van der Waals surface area contributed by atoms with Crippen molar-refractivity contribution in [2.75, 3.05) is 25.0 Å². The van der Waals surface area contributed by atoms with E-state index in [1.807, 2.05) is 0 Å². The molecule has 2 fully saturated rings. The first kappa shape index (κ1) is 20.5. The number of likely N-dealkylation sites (tertiary alicyclic amines) is 1. The van der Waals surface area contributed by atoms with Crippen LogP contribution < -0.4 is 16.2 Å². The molecule has 160 valence electrons. The van der Waals surface area contributed by atoms with Crippen LogP contribution in [0.5, 0.6) is 0 Å². The van der Waals surface area contributed by atoms with Gasteiger partial charge in [-0.25, -0.2) is 9.07 Å². The Bertz CT molecular complexity index is 1030. The molecule has 3 heterocycles. The largest absolute Gasteiger partial charge is 0.385 e. The predicted octanol–water partition coefficient (Wildman–Crippen LogP) is 1.30. The summed E-state index contributed by atoms with van der Waals surface area (Å²) in [5, 5.41) is 21.1. The van der Waals surface area contributed by atoms with Crippen molar-refractivity contribution in [2.24, 2.45) is 7.05 Å². The number of aromatic nitrogens is 2. The molecule has 1 unspecified atom stereocenters. The van der Waals surface area contributed by atoms with Crippen molar-refractivity contribution in [3.05, 3.63) is 51.7 Å². The van der Waals surface area contributed by atoms with E-state index in [2.05, 4.69) is 15.7 Å². The van der Waals surface area contributed by atoms with Crippen LogP contribution in [0.3, 0.4) is 0 Å². The zero-order valence-corrected chi connectivity index (χ0v) is 17.1. The number of halogens is 1. The summed E-state index contributed by atoms with van der Waals surface area (Å²) in [4.78, 5) is 26.7. The average Bonchev–Trinajstić information content (AvgIpc) is 2.70. The lowest BCUT2D eigenvalue weighted by atomic mass is 9.81. The maximum Gasteiger partial charge on any atom is 0.276 e. The topological polar surface area (TPSA) is 99.5 Å². The van der Waals surface area contributed by atoms with Gasteiger partial charge in [0.25, 0.3) is 11.5 Å². The van der Waals surface area contributed by atoms with Crippen molar-refractivity contribution in [1.29, 1.82) is 0 Å². The molecule has 1 atom stereocenters. The molecule has 0 aliphatic carbocycles. The molecule has 8 nitrogen and oxygen atoms in total. The first-order valence-corrected chi connectivity index (χ1v) is 10.1. The molecule has 2 aliphatic rings. The van der Waals surface area contributed by atoms with Crippen molar-refractivity contribution in [3.63, 3.8) is 0 Å². The summed E-state index contributed by atoms with van der Waals surface area (Å²) in [5.74, 6) is -0.906. The second-order valence-electron chi connectivity index (χ2n) is 8.24. The zero-order valence-electron chi connectivity index (χ0n) is 17.1. The maximum absolute atomic E-state index is 14.3. The summed E-state index contributed by atoms with van der Waals surface area (Å²) in [5.41, 5.74) is -0.335. The van der Waals surface area contributed by atoms with E-state index in [0.717, 1.165) is 36.1 Å². The van der Waals surface area contributed by atoms with Gasteiger partial charge in [0.05, 0.1) is 24.5 Å². The van der Waals surface area contributed by atoms with Gasteiger partial charge in [0.15, 0.2) is 5.69 Å². The first-order valence-electron chi connectivity index (χ1n) is 10.1. The number of hydrogen-bond acceptors (Lipinski definition) is 6. The Morgan fingerprint density at radius 3 is 2.73 bits per heavy atom. The van der Waals surface area contributed by atoms with Gasteiger partial charge in [-0.2, -0.15) is 5.10 Å². The number of nitrogens with zero attached hydrogens (tertiary/aromatic N) is 3. The summed E-state index contributed by atoms with van der Waals surface area (Å²) in [6, 6.07) is 5.84. The molecule has 9 heteroatoms. The van der Waals surface area contributed by atoms with Gasteiger partial charge in [0.1, 0.15) is 11.4 Å². The fraction of sp³-hybridized carbons (Fsp3) is 0.476. The van der Waals surface area contributed by atoms with E-state index in [1.165, 1.54) is 24.1 Å². The number of hydrogen-bond donors (Lipinski definition) is 3. The molecule has 1 aromatic heterocycles. The smallest absolute Gasteiger partial charge is 0.276 e. The van der Waals surface area contributed by atoms with E-state index in [1.54, 1.807) is 19.1 Å². The average molecular weight is 415 g/mol. The van der Waals surface area contributed by atoms with Gasteiger partial charge in [-0.1, -0.05) is 12.5 Å². The summed E-state index contributed by atoms with van der Waals surface area (Å²) in [6.45, 7) is 3.01. The normalized spacial score (nSPS) is 20.5. The highest BCUT2D eigenvalue weighted by molar-refractivity contribution is 5.98. The number of amides is 1. The van der Waals surface area contributed by atoms with E-state index < -0.39 is 22.9 Å². The minimum atomic E-state index is -0.965. The maximum atomic E-state index is 14.3. The third-order valence-corrected chi connectivity index (χ3v) is 5.86. The predicted molar refractivity (Wildman–Crippen MR) is 110 cm³/mol. The number of carbonyl (C=O) groups is 1. The third-order valence-electron chi connectivity index (χ3n) is 5.86. The SMILES string of the molecule is Cc1ccc(Nc2cc(=O)n(C)nc2C(=O)N2CC(O)(C3CCCCN3)C2)c(F)c1. The van der Waals surface area contributed by atoms with E-state index in [-0.39, 0.29) is 36.2 Å². The second-order valence-corrected chi connectivity index (χ2v) is 8.24. The number of nitrogens with one attached hydrogen (secondary N) is 2. The van der Waals surface area contributed by atoms with E-state index in [0.29, 0.717) is 0 Å². The minimum Gasteiger partial charge on any atom is -0.385 e. The standard InChI is InChI=1S/C21H26FN5O3/c1-13-6-7-15(14(22)9-13)24-16-10-18(28)26(2)25-19(16)20(29)27-11-21(30,12-27)17-5-3-4-8-23-17/h6-7,9-10,17,23-24,30H,3-5,8,11-12H2,1-2H3.